The van der Waals surface area contributed by atoms with Crippen molar-refractivity contribution in [1.29, 1.82) is 0 Å². The van der Waals surface area contributed by atoms with Gasteiger partial charge in [-0.1, -0.05) is 48.5 Å². The summed E-state index contributed by atoms with van der Waals surface area (Å²) >= 11 is 0. The fraction of sp³-hybridized carbons (Fsp3) is 0.269. The topological polar surface area (TPSA) is 91.6 Å². The minimum absolute atomic E-state index is 0.155. The normalized spacial score (nSPS) is 23.2. The lowest BCUT2D eigenvalue weighted by Gasteiger charge is -2.37. The molecule has 2 amide bonds. The molecule has 2 aliphatic heterocycles. The summed E-state index contributed by atoms with van der Waals surface area (Å²) in [6.45, 7) is 1.45. The third-order valence-electron chi connectivity index (χ3n) is 6.84. The van der Waals surface area contributed by atoms with E-state index < -0.39 is 23.9 Å². The van der Waals surface area contributed by atoms with Gasteiger partial charge in [0.2, 0.25) is 11.8 Å². The van der Waals surface area contributed by atoms with E-state index in [2.05, 4.69) is 5.32 Å². The zero-order valence-corrected chi connectivity index (χ0v) is 18.2. The molecule has 1 saturated heterocycles. The van der Waals surface area contributed by atoms with Crippen molar-refractivity contribution in [2.24, 2.45) is 11.8 Å². The summed E-state index contributed by atoms with van der Waals surface area (Å²) in [4.78, 5) is 41.2. The van der Waals surface area contributed by atoms with Crippen LogP contribution < -0.4 is 10.9 Å². The number of carbonyl (C=O) groups is 2. The molecule has 0 spiro atoms. The molecule has 7 heteroatoms. The van der Waals surface area contributed by atoms with Crippen molar-refractivity contribution in [2.75, 3.05) is 11.9 Å². The van der Waals surface area contributed by atoms with Crippen LogP contribution in [0.1, 0.15) is 18.7 Å². The van der Waals surface area contributed by atoms with Gasteiger partial charge >= 0.3 is 0 Å². The number of benzene rings is 2. The Morgan fingerprint density at radius 1 is 1.00 bits per heavy atom. The molecule has 0 unspecified atom stereocenters. The highest BCUT2D eigenvalue weighted by Gasteiger charge is 2.56. The Hall–Kier alpha value is -3.71. The maximum Gasteiger partial charge on any atom is 0.258 e. The summed E-state index contributed by atoms with van der Waals surface area (Å²) in [5.41, 5.74) is 2.50. The van der Waals surface area contributed by atoms with Crippen LogP contribution >= 0.6 is 0 Å². The average molecular weight is 444 g/mol. The van der Waals surface area contributed by atoms with Crippen molar-refractivity contribution in [3.63, 3.8) is 0 Å². The summed E-state index contributed by atoms with van der Waals surface area (Å²) in [6, 6.07) is 21.1. The minimum atomic E-state index is -0.681. The van der Waals surface area contributed by atoms with E-state index in [0.717, 1.165) is 5.56 Å². The van der Waals surface area contributed by atoms with Crippen LogP contribution in [0, 0.1) is 11.8 Å². The number of pyridine rings is 1. The molecule has 3 aromatic rings. The summed E-state index contributed by atoms with van der Waals surface area (Å²) in [7, 11) is 0. The quantitative estimate of drug-likeness (QED) is 0.649. The molecule has 0 aliphatic carbocycles. The highest BCUT2D eigenvalue weighted by Crippen LogP contribution is 2.48. The molecule has 3 heterocycles. The SMILES string of the molecule is CC(=O)N1[C@@H]2Cn3c(ccc(-c4ccccc4)c3=O)[C@H]1[C@@H](C(=O)Nc1ccccc1)[C@@H]2CO. The van der Waals surface area contributed by atoms with Crippen molar-refractivity contribution in [2.45, 2.75) is 25.6 Å². The smallest absolute Gasteiger partial charge is 0.258 e. The van der Waals surface area contributed by atoms with E-state index in [-0.39, 0.29) is 30.5 Å². The van der Waals surface area contributed by atoms with Crippen LogP contribution in [0.5, 0.6) is 0 Å². The van der Waals surface area contributed by atoms with Crippen LogP contribution in [0.2, 0.25) is 0 Å². The monoisotopic (exact) mass is 443 g/mol. The largest absolute Gasteiger partial charge is 0.396 e. The standard InChI is InChI=1S/C26H25N3O4/c1-16(31)29-22-14-28-21(13-12-19(26(28)33)17-8-4-2-5-9-17)24(29)23(20(22)15-30)25(32)27-18-10-6-3-7-11-18/h2-13,20,22-24,30H,14-15H2,1H3,(H,27,32)/t20-,22-,23+,24+/m1/s1. The molecule has 0 saturated carbocycles. The molecule has 168 valence electrons. The number of anilines is 1. The van der Waals surface area contributed by atoms with Gasteiger partial charge in [-0.3, -0.25) is 14.4 Å². The number of para-hydroxylation sites is 1. The van der Waals surface area contributed by atoms with Gasteiger partial charge in [0, 0.05) is 42.9 Å². The molecular weight excluding hydrogens is 418 g/mol. The molecule has 2 aliphatic rings. The van der Waals surface area contributed by atoms with Crippen LogP contribution in [0.4, 0.5) is 5.69 Å². The van der Waals surface area contributed by atoms with Crippen LogP contribution in [-0.4, -0.2) is 39.0 Å². The van der Waals surface area contributed by atoms with Gasteiger partial charge in [-0.25, -0.2) is 0 Å². The lowest BCUT2D eigenvalue weighted by atomic mass is 9.86. The molecule has 1 fully saturated rings. The Morgan fingerprint density at radius 2 is 1.67 bits per heavy atom. The molecule has 7 nitrogen and oxygen atoms in total. The number of aliphatic hydroxyl groups is 1. The Bertz CT molecular complexity index is 1260. The number of hydrogen-bond donors (Lipinski definition) is 2. The van der Waals surface area contributed by atoms with Gasteiger partial charge in [-0.15, -0.1) is 0 Å². The molecule has 4 atom stereocenters. The van der Waals surface area contributed by atoms with Gasteiger partial charge in [0.25, 0.3) is 5.56 Å². The van der Waals surface area contributed by atoms with E-state index in [0.29, 0.717) is 16.9 Å². The van der Waals surface area contributed by atoms with E-state index in [1.807, 2.05) is 54.6 Å². The van der Waals surface area contributed by atoms with Crippen LogP contribution in [-0.2, 0) is 16.1 Å². The third kappa shape index (κ3) is 3.45. The maximum atomic E-state index is 13.5. The number of nitrogens with one attached hydrogen (secondary N) is 1. The predicted molar refractivity (Wildman–Crippen MR) is 124 cm³/mol. The molecule has 0 radical (unpaired) electrons. The lowest BCUT2D eigenvalue weighted by Crippen LogP contribution is -2.48. The third-order valence-corrected chi connectivity index (χ3v) is 6.84. The van der Waals surface area contributed by atoms with Crippen molar-refractivity contribution in [3.05, 3.63) is 88.8 Å². The molecule has 2 bridgehead atoms. The molecular formula is C26H25N3O4. The fourth-order valence-electron chi connectivity index (χ4n) is 5.42. The summed E-state index contributed by atoms with van der Waals surface area (Å²) in [5, 5.41) is 13.2. The van der Waals surface area contributed by atoms with Crippen LogP contribution in [0.3, 0.4) is 0 Å². The minimum Gasteiger partial charge on any atom is -0.396 e. The first kappa shape index (κ1) is 21.2. The van der Waals surface area contributed by atoms with Gasteiger partial charge in [-0.05, 0) is 29.8 Å². The molecule has 2 aromatic carbocycles. The zero-order chi connectivity index (χ0) is 23.1. The number of amides is 2. The summed E-state index contributed by atoms with van der Waals surface area (Å²) in [6.07, 6.45) is 0. The van der Waals surface area contributed by atoms with E-state index in [4.69, 9.17) is 0 Å². The maximum absolute atomic E-state index is 13.5. The number of carbonyl (C=O) groups excluding carboxylic acids is 2. The second kappa shape index (κ2) is 8.33. The molecule has 2 N–H and O–H groups in total. The second-order valence-corrected chi connectivity index (χ2v) is 8.62. The van der Waals surface area contributed by atoms with Crippen molar-refractivity contribution in [1.82, 2.24) is 9.47 Å². The highest BCUT2D eigenvalue weighted by molar-refractivity contribution is 5.94. The Morgan fingerprint density at radius 3 is 2.30 bits per heavy atom. The van der Waals surface area contributed by atoms with Gasteiger partial charge < -0.3 is 19.9 Å². The lowest BCUT2D eigenvalue weighted by molar-refractivity contribution is -0.134. The Kier molecular flexibility index (Phi) is 5.34. The van der Waals surface area contributed by atoms with Crippen molar-refractivity contribution < 1.29 is 14.7 Å². The number of hydrogen-bond acceptors (Lipinski definition) is 4. The first-order chi connectivity index (χ1) is 16.0. The van der Waals surface area contributed by atoms with E-state index in [1.165, 1.54) is 6.92 Å². The Labute approximate surface area is 191 Å². The highest BCUT2D eigenvalue weighted by atomic mass is 16.3. The molecule has 33 heavy (non-hydrogen) atoms. The van der Waals surface area contributed by atoms with Gasteiger partial charge in [0.05, 0.1) is 18.0 Å². The molecule has 5 rings (SSSR count). The number of aliphatic hydroxyl groups excluding tert-OH is 1. The number of aromatic nitrogens is 1. The number of rotatable bonds is 4. The van der Waals surface area contributed by atoms with E-state index in [1.54, 1.807) is 27.7 Å². The number of nitrogens with zero attached hydrogens (tertiary/aromatic N) is 2. The fourth-order valence-corrected chi connectivity index (χ4v) is 5.42. The second-order valence-electron chi connectivity index (χ2n) is 8.62. The zero-order valence-electron chi connectivity index (χ0n) is 18.2. The van der Waals surface area contributed by atoms with Gasteiger partial charge in [0.1, 0.15) is 0 Å². The summed E-state index contributed by atoms with van der Waals surface area (Å²) < 4.78 is 1.68. The summed E-state index contributed by atoms with van der Waals surface area (Å²) in [5.74, 6) is -1.61. The van der Waals surface area contributed by atoms with Crippen LogP contribution in [0.25, 0.3) is 11.1 Å². The van der Waals surface area contributed by atoms with Gasteiger partial charge in [-0.2, -0.15) is 0 Å². The average Bonchev–Trinajstić information content (AvgIpc) is 3.08. The van der Waals surface area contributed by atoms with Crippen molar-refractivity contribution >= 4 is 17.5 Å². The van der Waals surface area contributed by atoms with Crippen molar-refractivity contribution in [3.8, 4) is 11.1 Å². The van der Waals surface area contributed by atoms with E-state index in [9.17, 15) is 19.5 Å². The first-order valence-electron chi connectivity index (χ1n) is 11.1. The van der Waals surface area contributed by atoms with E-state index >= 15 is 0 Å². The first-order valence-corrected chi connectivity index (χ1v) is 11.1. The number of fused-ring (bicyclic) bond motifs is 4. The predicted octanol–water partition coefficient (Wildman–Crippen LogP) is 2.66. The molecule has 1 aromatic heterocycles. The Balaban J connectivity index is 1.61. The van der Waals surface area contributed by atoms with Crippen LogP contribution in [0.15, 0.2) is 77.6 Å². The van der Waals surface area contributed by atoms with Gasteiger partial charge in [0.15, 0.2) is 0 Å².